The number of thiazole rings is 2. The highest BCUT2D eigenvalue weighted by atomic mass is 32.2. The maximum absolute atomic E-state index is 4.81. The van der Waals surface area contributed by atoms with Gasteiger partial charge in [-0.2, -0.15) is 23.5 Å². The summed E-state index contributed by atoms with van der Waals surface area (Å²) in [7, 11) is 4.22. The van der Waals surface area contributed by atoms with Crippen LogP contribution in [0.25, 0.3) is 20.4 Å². The second-order valence-electron chi connectivity index (χ2n) is 9.48. The first-order valence-corrected chi connectivity index (χ1v) is 17.9. The molecule has 0 saturated carbocycles. The molecule has 0 unspecified atom stereocenters. The summed E-state index contributed by atoms with van der Waals surface area (Å²) < 4.78 is 7.32. The Hall–Kier alpha value is -2.30. The molecule has 0 radical (unpaired) electrons. The number of thioether (sulfide) groups is 2. The van der Waals surface area contributed by atoms with Crippen LogP contribution in [0.5, 0.6) is 0 Å². The molecule has 3 aromatic carbocycles. The average Bonchev–Trinajstić information content (AvgIpc) is 3.50. The summed E-state index contributed by atoms with van der Waals surface area (Å²) in [6.45, 7) is 4.04. The molecule has 0 bridgehead atoms. The molecule has 0 N–H and O–H groups in total. The Morgan fingerprint density at radius 2 is 1.23 bits per heavy atom. The van der Waals surface area contributed by atoms with E-state index in [2.05, 4.69) is 89.2 Å². The molecule has 2 aromatic heterocycles. The number of fused-ring (bicyclic) bond motifs is 2. The van der Waals surface area contributed by atoms with Gasteiger partial charge < -0.3 is 14.0 Å². The van der Waals surface area contributed by atoms with Crippen molar-refractivity contribution in [2.75, 3.05) is 51.2 Å². The lowest BCUT2D eigenvalue weighted by atomic mass is 10.3. The standard InChI is InChI=1S/C16H16N2S2.C15H23N3S2/c1-19-12-11-18-14-9-5-6-10-15(14)20-16(18)17-13-7-3-2-4-8-13;1-17(2)10-6-9-16-15-18(11-12-19-3)13-7-4-5-8-14(13)20-15/h2-10H,11-12H2,1H3;4-5,7-8H,6,9-12H2,1-3H3. The molecular formula is C31H39N5S4. The van der Waals surface area contributed by atoms with Crippen LogP contribution in [0.4, 0.5) is 5.69 Å². The second kappa shape index (κ2) is 16.2. The van der Waals surface area contributed by atoms with Gasteiger partial charge in [0.15, 0.2) is 9.60 Å². The van der Waals surface area contributed by atoms with Crippen molar-refractivity contribution in [3.63, 3.8) is 0 Å². The molecule has 5 rings (SSSR count). The van der Waals surface area contributed by atoms with Crippen LogP contribution in [0.3, 0.4) is 0 Å². The first-order chi connectivity index (χ1) is 19.6. The summed E-state index contributed by atoms with van der Waals surface area (Å²) in [5.41, 5.74) is 3.61. The van der Waals surface area contributed by atoms with E-state index in [1.54, 1.807) is 22.7 Å². The lowest BCUT2D eigenvalue weighted by molar-refractivity contribution is 0.402. The molecule has 0 aliphatic carbocycles. The van der Waals surface area contributed by atoms with Gasteiger partial charge in [-0.15, -0.1) is 0 Å². The number of para-hydroxylation sites is 3. The normalized spacial score (nSPS) is 12.4. The topological polar surface area (TPSA) is 37.8 Å². The first-order valence-electron chi connectivity index (χ1n) is 13.5. The van der Waals surface area contributed by atoms with Crippen molar-refractivity contribution in [2.24, 2.45) is 9.98 Å². The van der Waals surface area contributed by atoms with Crippen LogP contribution >= 0.6 is 46.2 Å². The van der Waals surface area contributed by atoms with Gasteiger partial charge in [0.05, 0.1) is 26.1 Å². The lowest BCUT2D eigenvalue weighted by Gasteiger charge is -2.07. The number of hydrogen-bond acceptors (Lipinski definition) is 7. The van der Waals surface area contributed by atoms with Gasteiger partial charge in [-0.25, -0.2) is 4.99 Å². The zero-order chi connectivity index (χ0) is 28.2. The van der Waals surface area contributed by atoms with Crippen molar-refractivity contribution in [1.29, 1.82) is 0 Å². The molecule has 0 atom stereocenters. The summed E-state index contributed by atoms with van der Waals surface area (Å²) >= 11 is 7.31. The minimum Gasteiger partial charge on any atom is -0.316 e. The Balaban J connectivity index is 0.000000185. The number of benzene rings is 3. The van der Waals surface area contributed by atoms with E-state index in [4.69, 9.17) is 9.98 Å². The quantitative estimate of drug-likeness (QED) is 0.149. The zero-order valence-electron chi connectivity index (χ0n) is 23.8. The molecule has 212 valence electrons. The number of rotatable bonds is 11. The molecule has 5 aromatic rings. The summed E-state index contributed by atoms with van der Waals surface area (Å²) in [4.78, 5) is 14.1. The van der Waals surface area contributed by atoms with E-state index in [9.17, 15) is 0 Å². The minimum absolute atomic E-state index is 0.907. The zero-order valence-corrected chi connectivity index (χ0v) is 27.1. The predicted molar refractivity (Wildman–Crippen MR) is 182 cm³/mol. The summed E-state index contributed by atoms with van der Waals surface area (Å²) in [6.07, 6.45) is 5.41. The SMILES string of the molecule is CSCCn1c(=NCCCN(C)C)sc2ccccc21.CSCCn1c(=Nc2ccccc2)sc2ccccc21. The number of aryl methyl sites for hydroxylation is 2. The predicted octanol–water partition coefficient (Wildman–Crippen LogP) is 7.22. The van der Waals surface area contributed by atoms with Gasteiger partial charge in [0.25, 0.3) is 0 Å². The Labute approximate surface area is 254 Å². The third kappa shape index (κ3) is 8.60. The molecule has 5 nitrogen and oxygen atoms in total. The Morgan fingerprint density at radius 1 is 0.700 bits per heavy atom. The van der Waals surface area contributed by atoms with Gasteiger partial charge >= 0.3 is 0 Å². The van der Waals surface area contributed by atoms with Crippen LogP contribution in [-0.4, -0.2) is 65.2 Å². The maximum atomic E-state index is 4.81. The van der Waals surface area contributed by atoms with Gasteiger partial charge in [0.2, 0.25) is 0 Å². The van der Waals surface area contributed by atoms with Crippen molar-refractivity contribution in [1.82, 2.24) is 14.0 Å². The van der Waals surface area contributed by atoms with Crippen LogP contribution in [0.15, 0.2) is 88.8 Å². The van der Waals surface area contributed by atoms with E-state index in [1.165, 1.54) is 25.2 Å². The molecule has 0 spiro atoms. The van der Waals surface area contributed by atoms with E-state index in [1.807, 2.05) is 53.9 Å². The van der Waals surface area contributed by atoms with E-state index in [-0.39, 0.29) is 0 Å². The van der Waals surface area contributed by atoms with Crippen LogP contribution in [0.1, 0.15) is 6.42 Å². The fourth-order valence-corrected chi connectivity index (χ4v) is 7.11. The molecule has 0 aliphatic rings. The van der Waals surface area contributed by atoms with E-state index >= 15 is 0 Å². The molecule has 0 aliphatic heterocycles. The number of hydrogen-bond donors (Lipinski definition) is 0. The fraction of sp³-hybridized carbons (Fsp3) is 0.355. The highest BCUT2D eigenvalue weighted by Gasteiger charge is 2.06. The van der Waals surface area contributed by atoms with Crippen LogP contribution < -0.4 is 9.60 Å². The van der Waals surface area contributed by atoms with Crippen molar-refractivity contribution >= 4 is 72.3 Å². The number of aromatic nitrogens is 2. The van der Waals surface area contributed by atoms with Crippen molar-refractivity contribution < 1.29 is 0 Å². The molecule has 9 heteroatoms. The second-order valence-corrected chi connectivity index (χ2v) is 13.5. The van der Waals surface area contributed by atoms with Gasteiger partial charge in [-0.3, -0.25) is 4.99 Å². The van der Waals surface area contributed by atoms with Gasteiger partial charge in [-0.05, 0) is 76.0 Å². The van der Waals surface area contributed by atoms with Crippen LogP contribution in [0, 0.1) is 0 Å². The highest BCUT2D eigenvalue weighted by molar-refractivity contribution is 7.98. The third-order valence-electron chi connectivity index (χ3n) is 6.21. The monoisotopic (exact) mass is 609 g/mol. The van der Waals surface area contributed by atoms with Crippen molar-refractivity contribution in [3.8, 4) is 0 Å². The van der Waals surface area contributed by atoms with E-state index in [0.717, 1.165) is 54.6 Å². The summed E-state index contributed by atoms with van der Waals surface area (Å²) in [5.74, 6) is 2.23. The van der Waals surface area contributed by atoms with Crippen molar-refractivity contribution in [3.05, 3.63) is 88.5 Å². The van der Waals surface area contributed by atoms with Crippen LogP contribution in [0.2, 0.25) is 0 Å². The fourth-order valence-electron chi connectivity index (χ4n) is 4.22. The van der Waals surface area contributed by atoms with E-state index in [0.29, 0.717) is 0 Å². The maximum Gasteiger partial charge on any atom is 0.190 e. The molecule has 2 heterocycles. The Bertz CT molecular complexity index is 1590. The van der Waals surface area contributed by atoms with Gasteiger partial charge in [0.1, 0.15) is 0 Å². The minimum atomic E-state index is 0.907. The van der Waals surface area contributed by atoms with Gasteiger partial charge in [0, 0.05) is 31.1 Å². The largest absolute Gasteiger partial charge is 0.316 e. The molecule has 0 amide bonds. The summed E-state index contributed by atoms with van der Waals surface area (Å²) in [5, 5.41) is 0. The average molecular weight is 610 g/mol. The number of nitrogens with zero attached hydrogens (tertiary/aromatic N) is 5. The molecule has 40 heavy (non-hydrogen) atoms. The van der Waals surface area contributed by atoms with Crippen molar-refractivity contribution in [2.45, 2.75) is 19.5 Å². The lowest BCUT2D eigenvalue weighted by Crippen LogP contribution is -2.18. The first kappa shape index (κ1) is 30.7. The highest BCUT2D eigenvalue weighted by Crippen LogP contribution is 2.19. The molecule has 0 saturated heterocycles. The Kier molecular flexibility index (Phi) is 12.4. The van der Waals surface area contributed by atoms with Gasteiger partial charge in [-0.1, -0.05) is 65.1 Å². The van der Waals surface area contributed by atoms with Crippen LogP contribution in [-0.2, 0) is 13.1 Å². The molecule has 0 fully saturated rings. The Morgan fingerprint density at radius 3 is 1.80 bits per heavy atom. The van der Waals surface area contributed by atoms with E-state index < -0.39 is 0 Å². The molecular weight excluding hydrogens is 571 g/mol. The smallest absolute Gasteiger partial charge is 0.190 e. The third-order valence-corrected chi connectivity index (χ3v) is 9.54. The summed E-state index contributed by atoms with van der Waals surface area (Å²) in [6, 6.07) is 27.3.